The van der Waals surface area contributed by atoms with Gasteiger partial charge in [-0.15, -0.1) is 0 Å². The normalized spacial score (nSPS) is 17.8. The van der Waals surface area contributed by atoms with Crippen LogP contribution in [0.15, 0.2) is 72.8 Å². The smallest absolute Gasteiger partial charge is 0.308 e. The highest BCUT2D eigenvalue weighted by Gasteiger charge is 2.48. The van der Waals surface area contributed by atoms with Crippen molar-refractivity contribution in [2.45, 2.75) is 38.8 Å². The van der Waals surface area contributed by atoms with Crippen LogP contribution in [0.1, 0.15) is 50.0 Å². The summed E-state index contributed by atoms with van der Waals surface area (Å²) in [5, 5.41) is 1.17. The van der Waals surface area contributed by atoms with E-state index in [1.807, 2.05) is 36.4 Å². The van der Waals surface area contributed by atoms with E-state index in [0.29, 0.717) is 28.6 Å². The third kappa shape index (κ3) is 5.89. The molecule has 1 aliphatic rings. The molecule has 0 aliphatic carbocycles. The summed E-state index contributed by atoms with van der Waals surface area (Å²) in [5.41, 5.74) is 2.46. The summed E-state index contributed by atoms with van der Waals surface area (Å²) >= 11 is 12.1. The number of rotatable bonds is 8. The Labute approximate surface area is 219 Å². The van der Waals surface area contributed by atoms with Gasteiger partial charge in [-0.05, 0) is 72.5 Å². The molecule has 1 heterocycles. The molecule has 0 N–H and O–H groups in total. The highest BCUT2D eigenvalue weighted by Crippen LogP contribution is 2.47. The molecular weight excluding hydrogens is 501 g/mol. The molecule has 0 aromatic heterocycles. The number of anilines is 1. The van der Waals surface area contributed by atoms with Crippen molar-refractivity contribution in [1.82, 2.24) is 0 Å². The number of carbonyl (C=O) groups is 3. The lowest BCUT2D eigenvalue weighted by molar-refractivity contribution is -0.147. The van der Waals surface area contributed by atoms with Crippen molar-refractivity contribution in [3.05, 3.63) is 94.0 Å². The molecule has 1 saturated heterocycles. The topological polar surface area (TPSA) is 72.9 Å². The average molecular weight is 526 g/mol. The number of hydrogen-bond donors (Lipinski definition) is 0. The van der Waals surface area contributed by atoms with Gasteiger partial charge in [0.15, 0.2) is 0 Å². The lowest BCUT2D eigenvalue weighted by atomic mass is 9.78. The first-order chi connectivity index (χ1) is 17.2. The average Bonchev–Trinajstić information content (AvgIpc) is 2.83. The summed E-state index contributed by atoms with van der Waals surface area (Å²) in [7, 11) is 0. The summed E-state index contributed by atoms with van der Waals surface area (Å²) in [4.78, 5) is 38.2. The highest BCUT2D eigenvalue weighted by atomic mass is 35.5. The van der Waals surface area contributed by atoms with Crippen LogP contribution < -0.4 is 9.64 Å². The first kappa shape index (κ1) is 25.7. The Hall–Kier alpha value is -3.35. The second-order valence-corrected chi connectivity index (χ2v) is 9.50. The summed E-state index contributed by atoms with van der Waals surface area (Å²) in [5.74, 6) is -0.713. The molecule has 6 nitrogen and oxygen atoms in total. The van der Waals surface area contributed by atoms with Crippen LogP contribution in [0, 0.1) is 5.92 Å². The van der Waals surface area contributed by atoms with Crippen molar-refractivity contribution in [3.63, 3.8) is 0 Å². The fraction of sp³-hybridized carbons (Fsp3) is 0.250. The van der Waals surface area contributed by atoms with Gasteiger partial charge in [-0.25, -0.2) is 0 Å². The van der Waals surface area contributed by atoms with Crippen LogP contribution in [0.25, 0.3) is 0 Å². The van der Waals surface area contributed by atoms with Crippen LogP contribution >= 0.6 is 23.2 Å². The molecular formula is C28H25Cl2NO5. The zero-order valence-corrected chi connectivity index (χ0v) is 21.3. The second kappa shape index (κ2) is 11.1. The van der Waals surface area contributed by atoms with E-state index in [-0.39, 0.29) is 17.9 Å². The van der Waals surface area contributed by atoms with Crippen molar-refractivity contribution in [2.24, 2.45) is 5.92 Å². The Kier molecular flexibility index (Phi) is 7.97. The number of β-lactam (4-membered cyclic amide) rings is 1. The number of amides is 1. The Morgan fingerprint density at radius 1 is 0.861 bits per heavy atom. The summed E-state index contributed by atoms with van der Waals surface area (Å²) in [6, 6.07) is 21.2. The second-order valence-electron chi connectivity index (χ2n) is 8.63. The summed E-state index contributed by atoms with van der Waals surface area (Å²) in [6.07, 6.45) is 0.470. The van der Waals surface area contributed by atoms with Crippen LogP contribution in [0.3, 0.4) is 0 Å². The van der Waals surface area contributed by atoms with Crippen LogP contribution in [0.2, 0.25) is 10.0 Å². The van der Waals surface area contributed by atoms with Crippen LogP contribution in [0.5, 0.6) is 5.75 Å². The van der Waals surface area contributed by atoms with Crippen LogP contribution in [-0.2, 0) is 19.1 Å². The molecule has 0 saturated carbocycles. The van der Waals surface area contributed by atoms with Crippen LogP contribution in [-0.4, -0.2) is 17.8 Å². The van der Waals surface area contributed by atoms with E-state index >= 15 is 0 Å². The van der Waals surface area contributed by atoms with Gasteiger partial charge in [0, 0.05) is 29.6 Å². The summed E-state index contributed by atoms with van der Waals surface area (Å²) < 4.78 is 10.7. The van der Waals surface area contributed by atoms with Gasteiger partial charge >= 0.3 is 11.9 Å². The minimum atomic E-state index is -0.496. The van der Waals surface area contributed by atoms with E-state index in [2.05, 4.69) is 0 Å². The molecule has 3 unspecified atom stereocenters. The van der Waals surface area contributed by atoms with Crippen molar-refractivity contribution in [3.8, 4) is 5.75 Å². The molecule has 8 heteroatoms. The lowest BCUT2D eigenvalue weighted by Gasteiger charge is -2.48. The first-order valence-corrected chi connectivity index (χ1v) is 12.3. The molecule has 4 rings (SSSR count). The third-order valence-corrected chi connectivity index (χ3v) is 6.60. The fourth-order valence-corrected chi connectivity index (χ4v) is 4.75. The molecule has 0 radical (unpaired) electrons. The number of ether oxygens (including phenoxy) is 2. The maximum absolute atomic E-state index is 13.4. The van der Waals surface area contributed by atoms with Gasteiger partial charge in [-0.2, -0.15) is 0 Å². The van der Waals surface area contributed by atoms with Gasteiger partial charge in [0.25, 0.3) is 0 Å². The van der Waals surface area contributed by atoms with Crippen molar-refractivity contribution < 1.29 is 23.9 Å². The Morgan fingerprint density at radius 3 is 2.00 bits per heavy atom. The van der Waals surface area contributed by atoms with Crippen molar-refractivity contribution >= 4 is 46.7 Å². The molecule has 1 fully saturated rings. The standard InChI is InChI=1S/C28H25Cl2NO5/c1-17(32)35-24-13-5-20(6-14-24)27-25(28(34)31(27)23-11-9-22(30)10-12-23)15-16-26(36-18(2)33)19-3-7-21(29)8-4-19/h3-14,25-27H,15-16H2,1-2H3. The van der Waals surface area contributed by atoms with E-state index in [9.17, 15) is 14.4 Å². The third-order valence-electron chi connectivity index (χ3n) is 6.09. The fourth-order valence-electron chi connectivity index (χ4n) is 4.50. The number of halogens is 2. The number of carbonyl (C=O) groups excluding carboxylic acids is 3. The molecule has 3 aromatic carbocycles. The Bertz CT molecular complexity index is 1240. The van der Waals surface area contributed by atoms with E-state index in [1.54, 1.807) is 41.3 Å². The predicted octanol–water partition coefficient (Wildman–Crippen LogP) is 6.71. The predicted molar refractivity (Wildman–Crippen MR) is 138 cm³/mol. The number of hydrogen-bond acceptors (Lipinski definition) is 5. The van der Waals surface area contributed by atoms with Gasteiger partial charge in [0.1, 0.15) is 11.9 Å². The monoisotopic (exact) mass is 525 g/mol. The molecule has 186 valence electrons. The molecule has 0 spiro atoms. The SMILES string of the molecule is CC(=O)Oc1ccc(C2C(CCC(OC(C)=O)c3ccc(Cl)cc3)C(=O)N2c2ccc(Cl)cc2)cc1. The minimum absolute atomic E-state index is 0.0240. The first-order valence-electron chi connectivity index (χ1n) is 11.5. The molecule has 3 atom stereocenters. The lowest BCUT2D eigenvalue weighted by Crippen LogP contribution is -2.55. The van der Waals surface area contributed by atoms with Crippen LogP contribution in [0.4, 0.5) is 5.69 Å². The Morgan fingerprint density at radius 2 is 1.44 bits per heavy atom. The maximum atomic E-state index is 13.4. The van der Waals surface area contributed by atoms with E-state index in [1.165, 1.54) is 13.8 Å². The van der Waals surface area contributed by atoms with Gasteiger partial charge < -0.3 is 14.4 Å². The molecule has 0 bridgehead atoms. The van der Waals surface area contributed by atoms with Gasteiger partial charge in [-0.1, -0.05) is 47.5 Å². The highest BCUT2D eigenvalue weighted by molar-refractivity contribution is 6.30. The van der Waals surface area contributed by atoms with Gasteiger partial charge in [0.05, 0.1) is 12.0 Å². The number of esters is 2. The zero-order valence-electron chi connectivity index (χ0n) is 19.8. The van der Waals surface area contributed by atoms with E-state index < -0.39 is 18.0 Å². The molecule has 36 heavy (non-hydrogen) atoms. The van der Waals surface area contributed by atoms with Crippen molar-refractivity contribution in [2.75, 3.05) is 4.90 Å². The number of benzene rings is 3. The minimum Gasteiger partial charge on any atom is -0.458 e. The van der Waals surface area contributed by atoms with Crippen molar-refractivity contribution in [1.29, 1.82) is 0 Å². The Balaban J connectivity index is 1.59. The molecule has 1 amide bonds. The maximum Gasteiger partial charge on any atom is 0.308 e. The van der Waals surface area contributed by atoms with E-state index in [4.69, 9.17) is 32.7 Å². The molecule has 3 aromatic rings. The quantitative estimate of drug-likeness (QED) is 0.185. The van der Waals surface area contributed by atoms with Gasteiger partial charge in [0.2, 0.25) is 5.91 Å². The zero-order chi connectivity index (χ0) is 25.8. The van der Waals surface area contributed by atoms with E-state index in [0.717, 1.165) is 16.8 Å². The molecule has 1 aliphatic heterocycles. The van der Waals surface area contributed by atoms with Gasteiger partial charge in [-0.3, -0.25) is 14.4 Å². The largest absolute Gasteiger partial charge is 0.458 e. The summed E-state index contributed by atoms with van der Waals surface area (Å²) in [6.45, 7) is 2.71. The number of nitrogens with zero attached hydrogens (tertiary/aromatic N) is 1.